The minimum atomic E-state index is -0.0642. The maximum Gasteiger partial charge on any atom is 0.227 e. The molecular formula is C16H25ClN2O. The fourth-order valence-electron chi connectivity index (χ4n) is 2.62. The number of hydrogen-bond acceptors (Lipinski definition) is 2. The van der Waals surface area contributed by atoms with E-state index in [1.54, 1.807) is 0 Å². The van der Waals surface area contributed by atoms with Gasteiger partial charge in [0.1, 0.15) is 0 Å². The van der Waals surface area contributed by atoms with Crippen molar-refractivity contribution in [3.63, 3.8) is 0 Å². The van der Waals surface area contributed by atoms with Crippen molar-refractivity contribution in [3.8, 4) is 0 Å². The van der Waals surface area contributed by atoms with E-state index in [1.165, 1.54) is 12.8 Å². The number of piperidine rings is 1. The molecule has 1 aliphatic heterocycles. The van der Waals surface area contributed by atoms with E-state index in [2.05, 4.69) is 10.6 Å². The van der Waals surface area contributed by atoms with Crippen LogP contribution in [0, 0.1) is 5.92 Å². The van der Waals surface area contributed by atoms with Crippen LogP contribution in [0.3, 0.4) is 0 Å². The minimum Gasteiger partial charge on any atom is -0.356 e. The number of amides is 1. The average molecular weight is 297 g/mol. The van der Waals surface area contributed by atoms with Gasteiger partial charge in [0.15, 0.2) is 0 Å². The molecular weight excluding hydrogens is 272 g/mol. The van der Waals surface area contributed by atoms with Gasteiger partial charge in [0.25, 0.3) is 0 Å². The number of rotatable bonds is 5. The molecule has 3 nitrogen and oxygen atoms in total. The van der Waals surface area contributed by atoms with Crippen LogP contribution >= 0.6 is 12.4 Å². The van der Waals surface area contributed by atoms with Crippen LogP contribution in [-0.4, -0.2) is 25.5 Å². The van der Waals surface area contributed by atoms with Gasteiger partial charge in [0, 0.05) is 6.54 Å². The minimum absolute atomic E-state index is 0. The summed E-state index contributed by atoms with van der Waals surface area (Å²) in [7, 11) is 0. The molecule has 0 spiro atoms. The molecule has 4 heteroatoms. The number of hydrogen-bond donors (Lipinski definition) is 2. The summed E-state index contributed by atoms with van der Waals surface area (Å²) in [6.07, 6.45) is 3.64. The summed E-state index contributed by atoms with van der Waals surface area (Å²) in [6, 6.07) is 9.95. The van der Waals surface area contributed by atoms with Crippen molar-refractivity contribution in [3.05, 3.63) is 35.9 Å². The molecule has 1 aliphatic rings. The van der Waals surface area contributed by atoms with E-state index in [0.29, 0.717) is 0 Å². The van der Waals surface area contributed by atoms with Gasteiger partial charge in [0.05, 0.1) is 5.92 Å². The monoisotopic (exact) mass is 296 g/mol. The molecule has 0 saturated carbocycles. The molecule has 1 heterocycles. The van der Waals surface area contributed by atoms with Gasteiger partial charge in [0.2, 0.25) is 5.91 Å². The highest BCUT2D eigenvalue weighted by Gasteiger charge is 2.16. The Morgan fingerprint density at radius 2 is 2.15 bits per heavy atom. The Bertz CT molecular complexity index is 391. The van der Waals surface area contributed by atoms with Gasteiger partial charge in [-0.3, -0.25) is 4.79 Å². The fourth-order valence-corrected chi connectivity index (χ4v) is 2.62. The van der Waals surface area contributed by atoms with Gasteiger partial charge in [-0.05, 0) is 50.8 Å². The topological polar surface area (TPSA) is 41.1 Å². The molecule has 2 atom stereocenters. The Morgan fingerprint density at radius 1 is 1.40 bits per heavy atom. The normalized spacial score (nSPS) is 19.8. The van der Waals surface area contributed by atoms with E-state index in [-0.39, 0.29) is 24.2 Å². The fraction of sp³-hybridized carbons (Fsp3) is 0.562. The maximum atomic E-state index is 12.1. The van der Waals surface area contributed by atoms with Gasteiger partial charge in [-0.25, -0.2) is 0 Å². The molecule has 112 valence electrons. The third-order valence-electron chi connectivity index (χ3n) is 3.94. The molecule has 1 saturated heterocycles. The van der Waals surface area contributed by atoms with Crippen LogP contribution in [0.25, 0.3) is 0 Å². The molecule has 1 fully saturated rings. The number of carbonyl (C=O) groups is 1. The zero-order valence-corrected chi connectivity index (χ0v) is 12.9. The number of nitrogens with one attached hydrogen (secondary N) is 2. The van der Waals surface area contributed by atoms with Crippen LogP contribution < -0.4 is 10.6 Å². The van der Waals surface area contributed by atoms with Crippen molar-refractivity contribution in [1.29, 1.82) is 0 Å². The lowest BCUT2D eigenvalue weighted by Crippen LogP contribution is -2.34. The summed E-state index contributed by atoms with van der Waals surface area (Å²) in [5.41, 5.74) is 1.08. The van der Waals surface area contributed by atoms with Crippen LogP contribution in [0.15, 0.2) is 30.3 Å². The molecule has 0 aromatic heterocycles. The van der Waals surface area contributed by atoms with E-state index in [1.807, 2.05) is 37.3 Å². The van der Waals surface area contributed by atoms with Crippen LogP contribution in [0.4, 0.5) is 0 Å². The van der Waals surface area contributed by atoms with Gasteiger partial charge < -0.3 is 10.6 Å². The van der Waals surface area contributed by atoms with Crippen LogP contribution in [0.1, 0.15) is 37.7 Å². The summed E-state index contributed by atoms with van der Waals surface area (Å²) in [4.78, 5) is 12.1. The van der Waals surface area contributed by atoms with Gasteiger partial charge in [-0.15, -0.1) is 12.4 Å². The third-order valence-corrected chi connectivity index (χ3v) is 3.94. The zero-order chi connectivity index (χ0) is 13.5. The highest BCUT2D eigenvalue weighted by Crippen LogP contribution is 2.15. The van der Waals surface area contributed by atoms with E-state index in [9.17, 15) is 4.79 Å². The lowest BCUT2D eigenvalue weighted by Gasteiger charge is -2.23. The molecule has 1 amide bonds. The Kier molecular flexibility index (Phi) is 7.63. The predicted molar refractivity (Wildman–Crippen MR) is 85.3 cm³/mol. The van der Waals surface area contributed by atoms with Crippen molar-refractivity contribution in [2.75, 3.05) is 19.6 Å². The van der Waals surface area contributed by atoms with Crippen molar-refractivity contribution in [1.82, 2.24) is 10.6 Å². The molecule has 1 aromatic carbocycles. The Labute approximate surface area is 127 Å². The summed E-state index contributed by atoms with van der Waals surface area (Å²) in [5.74, 6) is 0.793. The van der Waals surface area contributed by atoms with E-state index < -0.39 is 0 Å². The third kappa shape index (κ3) is 5.14. The molecule has 20 heavy (non-hydrogen) atoms. The molecule has 0 radical (unpaired) electrons. The molecule has 0 bridgehead atoms. The first-order valence-corrected chi connectivity index (χ1v) is 7.30. The Morgan fingerprint density at radius 3 is 2.80 bits per heavy atom. The van der Waals surface area contributed by atoms with Crippen molar-refractivity contribution in [2.45, 2.75) is 32.1 Å². The van der Waals surface area contributed by atoms with Gasteiger partial charge >= 0.3 is 0 Å². The predicted octanol–water partition coefficient (Wildman–Crippen LogP) is 2.72. The second-order valence-electron chi connectivity index (χ2n) is 5.42. The number of benzene rings is 1. The van der Waals surface area contributed by atoms with Gasteiger partial charge in [-0.1, -0.05) is 30.3 Å². The lowest BCUT2D eigenvalue weighted by molar-refractivity contribution is -0.122. The SMILES string of the molecule is CC(C(=O)NCCC1CCCNC1)c1ccccc1.Cl. The summed E-state index contributed by atoms with van der Waals surface area (Å²) < 4.78 is 0. The maximum absolute atomic E-state index is 12.1. The standard InChI is InChI=1S/C16H24N2O.ClH/c1-13(15-7-3-2-4-8-15)16(19)18-11-9-14-6-5-10-17-12-14;/h2-4,7-8,13-14,17H,5-6,9-12H2,1H3,(H,18,19);1H. The molecule has 2 unspecified atom stereocenters. The molecule has 2 N–H and O–H groups in total. The lowest BCUT2D eigenvalue weighted by atomic mass is 9.96. The smallest absolute Gasteiger partial charge is 0.227 e. The van der Waals surface area contributed by atoms with Crippen molar-refractivity contribution >= 4 is 18.3 Å². The Hall–Kier alpha value is -1.06. The Balaban J connectivity index is 0.00000200. The molecule has 0 aliphatic carbocycles. The van der Waals surface area contributed by atoms with Gasteiger partial charge in [-0.2, -0.15) is 0 Å². The summed E-state index contributed by atoms with van der Waals surface area (Å²) in [5, 5.41) is 6.47. The van der Waals surface area contributed by atoms with Crippen molar-refractivity contribution in [2.24, 2.45) is 5.92 Å². The van der Waals surface area contributed by atoms with Crippen LogP contribution in [0.2, 0.25) is 0 Å². The molecule has 2 rings (SSSR count). The first-order chi connectivity index (χ1) is 9.27. The second-order valence-corrected chi connectivity index (χ2v) is 5.42. The number of carbonyl (C=O) groups excluding carboxylic acids is 1. The average Bonchev–Trinajstić information content (AvgIpc) is 2.48. The van der Waals surface area contributed by atoms with E-state index in [4.69, 9.17) is 0 Å². The number of halogens is 1. The quantitative estimate of drug-likeness (QED) is 0.877. The second kappa shape index (κ2) is 8.98. The summed E-state index contributed by atoms with van der Waals surface area (Å²) in [6.45, 7) is 5.01. The largest absolute Gasteiger partial charge is 0.356 e. The first kappa shape index (κ1) is 17.0. The van der Waals surface area contributed by atoms with Crippen LogP contribution in [-0.2, 0) is 4.79 Å². The highest BCUT2D eigenvalue weighted by molar-refractivity contribution is 5.85. The zero-order valence-electron chi connectivity index (χ0n) is 12.1. The van der Waals surface area contributed by atoms with E-state index >= 15 is 0 Å². The van der Waals surface area contributed by atoms with Crippen molar-refractivity contribution < 1.29 is 4.79 Å². The molecule has 1 aromatic rings. The first-order valence-electron chi connectivity index (χ1n) is 7.30. The van der Waals surface area contributed by atoms with E-state index in [0.717, 1.165) is 37.5 Å². The summed E-state index contributed by atoms with van der Waals surface area (Å²) >= 11 is 0. The highest BCUT2D eigenvalue weighted by atomic mass is 35.5. The van der Waals surface area contributed by atoms with Crippen LogP contribution in [0.5, 0.6) is 0 Å².